The molecule has 1 heterocycles. The molecule has 2 aliphatic rings. The third-order valence-corrected chi connectivity index (χ3v) is 3.35. The molecule has 2 unspecified atom stereocenters. The fourth-order valence-corrected chi connectivity index (χ4v) is 2.30. The minimum atomic E-state index is 0.0719. The molecule has 0 N–H and O–H groups in total. The summed E-state index contributed by atoms with van der Waals surface area (Å²) < 4.78 is 0. The van der Waals surface area contributed by atoms with Gasteiger partial charge in [0.15, 0.2) is 0 Å². The summed E-state index contributed by atoms with van der Waals surface area (Å²) in [6.45, 7) is 2.85. The summed E-state index contributed by atoms with van der Waals surface area (Å²) in [6, 6.07) is 2.83. The number of hydrogen-bond donors (Lipinski definition) is 0. The van der Waals surface area contributed by atoms with Crippen molar-refractivity contribution < 1.29 is 4.79 Å². The summed E-state index contributed by atoms with van der Waals surface area (Å²) >= 11 is 0. The van der Waals surface area contributed by atoms with Crippen molar-refractivity contribution in [2.24, 2.45) is 11.8 Å². The van der Waals surface area contributed by atoms with Crippen LogP contribution in [0.1, 0.15) is 32.6 Å². The summed E-state index contributed by atoms with van der Waals surface area (Å²) in [5.41, 5.74) is 0. The molecule has 76 valence electrons. The van der Waals surface area contributed by atoms with E-state index in [9.17, 15) is 4.79 Å². The first-order valence-corrected chi connectivity index (χ1v) is 5.45. The Hall–Kier alpha value is -1.04. The Kier molecular flexibility index (Phi) is 2.45. The Morgan fingerprint density at radius 2 is 2.36 bits per heavy atom. The summed E-state index contributed by atoms with van der Waals surface area (Å²) in [5, 5.41) is 8.93. The minimum Gasteiger partial charge on any atom is -0.339 e. The first kappa shape index (κ1) is 9.51. The van der Waals surface area contributed by atoms with Crippen LogP contribution >= 0.6 is 0 Å². The lowest BCUT2D eigenvalue weighted by Gasteiger charge is -2.17. The SMILES string of the molecule is CCC(C#N)C1CC(=O)N(C2CC2)C1. The highest BCUT2D eigenvalue weighted by molar-refractivity contribution is 5.79. The topological polar surface area (TPSA) is 44.1 Å². The van der Waals surface area contributed by atoms with Crippen molar-refractivity contribution in [2.75, 3.05) is 6.54 Å². The molecule has 0 radical (unpaired) electrons. The Bertz CT molecular complexity index is 278. The average Bonchev–Trinajstić information content (AvgIpc) is 2.94. The molecular formula is C11H16N2O. The van der Waals surface area contributed by atoms with Gasteiger partial charge in [-0.3, -0.25) is 4.79 Å². The van der Waals surface area contributed by atoms with Crippen LogP contribution in [0.5, 0.6) is 0 Å². The van der Waals surface area contributed by atoms with Gasteiger partial charge in [-0.05, 0) is 19.3 Å². The number of hydrogen-bond acceptors (Lipinski definition) is 2. The zero-order valence-electron chi connectivity index (χ0n) is 8.57. The van der Waals surface area contributed by atoms with E-state index in [-0.39, 0.29) is 17.7 Å². The molecule has 0 aromatic heterocycles. The summed E-state index contributed by atoms with van der Waals surface area (Å²) in [7, 11) is 0. The van der Waals surface area contributed by atoms with Crippen LogP contribution in [0.3, 0.4) is 0 Å². The van der Waals surface area contributed by atoms with E-state index >= 15 is 0 Å². The van der Waals surface area contributed by atoms with Crippen LogP contribution < -0.4 is 0 Å². The lowest BCUT2D eigenvalue weighted by Crippen LogP contribution is -2.28. The molecule has 14 heavy (non-hydrogen) atoms. The van der Waals surface area contributed by atoms with Crippen LogP contribution in [-0.4, -0.2) is 23.4 Å². The maximum Gasteiger partial charge on any atom is 0.223 e. The Labute approximate surface area is 84.7 Å². The highest BCUT2D eigenvalue weighted by atomic mass is 16.2. The van der Waals surface area contributed by atoms with Gasteiger partial charge in [0.05, 0.1) is 12.0 Å². The number of likely N-dealkylation sites (tertiary alicyclic amines) is 1. The monoisotopic (exact) mass is 192 g/mol. The molecule has 0 spiro atoms. The molecule has 0 bridgehead atoms. The fourth-order valence-electron chi connectivity index (χ4n) is 2.30. The van der Waals surface area contributed by atoms with Crippen LogP contribution in [-0.2, 0) is 4.79 Å². The predicted octanol–water partition coefficient (Wildman–Crippen LogP) is 1.55. The van der Waals surface area contributed by atoms with Crippen molar-refractivity contribution in [3.63, 3.8) is 0 Å². The smallest absolute Gasteiger partial charge is 0.223 e. The molecule has 1 aliphatic carbocycles. The molecule has 2 rings (SSSR count). The second-order valence-electron chi connectivity index (χ2n) is 4.39. The zero-order chi connectivity index (χ0) is 10.1. The number of rotatable bonds is 3. The van der Waals surface area contributed by atoms with Crippen molar-refractivity contribution in [3.8, 4) is 6.07 Å². The number of nitrogens with zero attached hydrogens (tertiary/aromatic N) is 2. The molecule has 0 aromatic carbocycles. The number of nitriles is 1. The molecule has 2 atom stereocenters. The highest BCUT2D eigenvalue weighted by Crippen LogP contribution is 2.35. The van der Waals surface area contributed by atoms with Crippen LogP contribution in [0.2, 0.25) is 0 Å². The van der Waals surface area contributed by atoms with Gasteiger partial charge < -0.3 is 4.90 Å². The van der Waals surface area contributed by atoms with Gasteiger partial charge in [0.25, 0.3) is 0 Å². The van der Waals surface area contributed by atoms with Crippen molar-refractivity contribution >= 4 is 5.91 Å². The second-order valence-corrected chi connectivity index (χ2v) is 4.39. The first-order valence-electron chi connectivity index (χ1n) is 5.45. The third-order valence-electron chi connectivity index (χ3n) is 3.35. The van der Waals surface area contributed by atoms with Crippen molar-refractivity contribution in [1.82, 2.24) is 4.90 Å². The Morgan fingerprint density at radius 1 is 1.64 bits per heavy atom. The Morgan fingerprint density at radius 3 is 2.86 bits per heavy atom. The quantitative estimate of drug-likeness (QED) is 0.681. The van der Waals surface area contributed by atoms with Gasteiger partial charge >= 0.3 is 0 Å². The van der Waals surface area contributed by atoms with E-state index in [1.54, 1.807) is 0 Å². The maximum atomic E-state index is 11.6. The van der Waals surface area contributed by atoms with Gasteiger partial charge in [-0.15, -0.1) is 0 Å². The normalized spacial score (nSPS) is 29.0. The second kappa shape index (κ2) is 3.61. The zero-order valence-corrected chi connectivity index (χ0v) is 8.57. The van der Waals surface area contributed by atoms with E-state index in [1.807, 2.05) is 11.8 Å². The minimum absolute atomic E-state index is 0.0719. The first-order chi connectivity index (χ1) is 6.76. The lowest BCUT2D eigenvalue weighted by molar-refractivity contribution is -0.128. The maximum absolute atomic E-state index is 11.6. The van der Waals surface area contributed by atoms with Crippen molar-refractivity contribution in [1.29, 1.82) is 5.26 Å². The number of carbonyl (C=O) groups is 1. The molecule has 2 fully saturated rings. The van der Waals surface area contributed by atoms with Gasteiger partial charge in [0.1, 0.15) is 0 Å². The van der Waals surface area contributed by atoms with Crippen LogP contribution in [0.4, 0.5) is 0 Å². The van der Waals surface area contributed by atoms with Gasteiger partial charge in [-0.1, -0.05) is 6.92 Å². The number of amides is 1. The van der Waals surface area contributed by atoms with E-state index in [0.29, 0.717) is 12.5 Å². The van der Waals surface area contributed by atoms with Gasteiger partial charge in [-0.25, -0.2) is 0 Å². The summed E-state index contributed by atoms with van der Waals surface area (Å²) in [5.74, 6) is 0.631. The van der Waals surface area contributed by atoms with E-state index in [1.165, 1.54) is 12.8 Å². The van der Waals surface area contributed by atoms with Crippen LogP contribution in [0.25, 0.3) is 0 Å². The molecule has 0 aromatic rings. The summed E-state index contributed by atoms with van der Waals surface area (Å²) in [4.78, 5) is 13.6. The largest absolute Gasteiger partial charge is 0.339 e. The average molecular weight is 192 g/mol. The van der Waals surface area contributed by atoms with E-state index in [4.69, 9.17) is 5.26 Å². The summed E-state index contributed by atoms with van der Waals surface area (Å²) in [6.07, 6.45) is 3.80. The van der Waals surface area contributed by atoms with E-state index in [0.717, 1.165) is 13.0 Å². The van der Waals surface area contributed by atoms with E-state index in [2.05, 4.69) is 6.07 Å². The fraction of sp³-hybridized carbons (Fsp3) is 0.818. The molecule has 3 heteroatoms. The highest BCUT2D eigenvalue weighted by Gasteiger charge is 2.41. The Balaban J connectivity index is 1.98. The van der Waals surface area contributed by atoms with Crippen LogP contribution in [0, 0.1) is 23.2 Å². The molecule has 1 saturated carbocycles. The van der Waals surface area contributed by atoms with Crippen molar-refractivity contribution in [2.45, 2.75) is 38.6 Å². The predicted molar refractivity (Wildman–Crippen MR) is 52.2 cm³/mol. The third kappa shape index (κ3) is 1.61. The van der Waals surface area contributed by atoms with Gasteiger partial charge in [-0.2, -0.15) is 5.26 Å². The lowest BCUT2D eigenvalue weighted by atomic mass is 9.91. The van der Waals surface area contributed by atoms with E-state index < -0.39 is 0 Å². The molecular weight excluding hydrogens is 176 g/mol. The number of carbonyl (C=O) groups excluding carboxylic acids is 1. The van der Waals surface area contributed by atoms with Gasteiger partial charge in [0, 0.05) is 24.9 Å². The molecule has 1 aliphatic heterocycles. The van der Waals surface area contributed by atoms with Crippen LogP contribution in [0.15, 0.2) is 0 Å². The molecule has 1 amide bonds. The molecule has 1 saturated heterocycles. The van der Waals surface area contributed by atoms with Crippen molar-refractivity contribution in [3.05, 3.63) is 0 Å². The standard InChI is InChI=1S/C11H16N2O/c1-2-8(6-12)9-5-11(14)13(7-9)10-3-4-10/h8-10H,2-5,7H2,1H3. The van der Waals surface area contributed by atoms with Gasteiger partial charge in [0.2, 0.25) is 5.91 Å². The molecule has 3 nitrogen and oxygen atoms in total.